The van der Waals surface area contributed by atoms with Gasteiger partial charge in [-0.15, -0.1) is 0 Å². The van der Waals surface area contributed by atoms with Crippen molar-refractivity contribution < 1.29 is 19.1 Å². The molecule has 6 nitrogen and oxygen atoms in total. The Morgan fingerprint density at radius 2 is 2.16 bits per heavy atom. The lowest BCUT2D eigenvalue weighted by molar-refractivity contribution is -0.147. The maximum Gasteiger partial charge on any atom is 0.319 e. The van der Waals surface area contributed by atoms with E-state index in [0.29, 0.717) is 24.7 Å². The van der Waals surface area contributed by atoms with E-state index in [0.717, 1.165) is 17.1 Å². The molecule has 0 saturated carbocycles. The van der Waals surface area contributed by atoms with Gasteiger partial charge in [-0.2, -0.15) is 11.8 Å². The summed E-state index contributed by atoms with van der Waals surface area (Å²) in [6, 6.07) is 6.40. The lowest BCUT2D eigenvalue weighted by Gasteiger charge is -2.33. The van der Waals surface area contributed by atoms with E-state index in [4.69, 9.17) is 9.47 Å². The fourth-order valence-electron chi connectivity index (χ4n) is 2.64. The first-order valence-electron chi connectivity index (χ1n) is 8.30. The molecule has 0 aliphatic carbocycles. The number of rotatable bonds is 8. The molecule has 1 heterocycles. The molecule has 1 aliphatic rings. The summed E-state index contributed by atoms with van der Waals surface area (Å²) in [7, 11) is 0. The first-order valence-corrected chi connectivity index (χ1v) is 9.45. The first kappa shape index (κ1) is 19.2. The largest absolute Gasteiger partial charge is 0.494 e. The van der Waals surface area contributed by atoms with Gasteiger partial charge in [0.2, 0.25) is 0 Å². The molecule has 1 fully saturated rings. The number of esters is 1. The molecule has 1 aliphatic heterocycles. The zero-order chi connectivity index (χ0) is 18.2. The van der Waals surface area contributed by atoms with Gasteiger partial charge in [-0.25, -0.2) is 4.79 Å². The molecule has 1 aromatic rings. The SMILES string of the molecule is C=C1NC(=O)N[C@@H](c2cccc(OCC)c2)[C@@H]1C(=O)OCCSCC. The Labute approximate surface area is 152 Å². The van der Waals surface area contributed by atoms with Crippen molar-refractivity contribution in [2.75, 3.05) is 24.7 Å². The van der Waals surface area contributed by atoms with Crippen LogP contribution in [-0.4, -0.2) is 36.7 Å². The van der Waals surface area contributed by atoms with Crippen LogP contribution in [0.1, 0.15) is 25.5 Å². The van der Waals surface area contributed by atoms with Crippen LogP contribution < -0.4 is 15.4 Å². The van der Waals surface area contributed by atoms with Gasteiger partial charge in [0, 0.05) is 11.4 Å². The number of carbonyl (C=O) groups excluding carboxylic acids is 2. The molecule has 136 valence electrons. The van der Waals surface area contributed by atoms with Crippen LogP contribution >= 0.6 is 11.8 Å². The van der Waals surface area contributed by atoms with E-state index in [2.05, 4.69) is 24.1 Å². The molecule has 2 atom stereocenters. The van der Waals surface area contributed by atoms with E-state index in [1.807, 2.05) is 31.2 Å². The number of nitrogens with one attached hydrogen (secondary N) is 2. The van der Waals surface area contributed by atoms with E-state index in [9.17, 15) is 9.59 Å². The number of urea groups is 1. The van der Waals surface area contributed by atoms with Gasteiger partial charge in [-0.3, -0.25) is 4.79 Å². The summed E-state index contributed by atoms with van der Waals surface area (Å²) < 4.78 is 10.9. The highest BCUT2D eigenvalue weighted by Crippen LogP contribution is 2.32. The van der Waals surface area contributed by atoms with Crippen LogP contribution in [0.3, 0.4) is 0 Å². The van der Waals surface area contributed by atoms with Crippen molar-refractivity contribution in [3.63, 3.8) is 0 Å². The Morgan fingerprint density at radius 1 is 1.36 bits per heavy atom. The van der Waals surface area contributed by atoms with Crippen LogP contribution in [-0.2, 0) is 9.53 Å². The van der Waals surface area contributed by atoms with Crippen molar-refractivity contribution in [2.24, 2.45) is 5.92 Å². The second-order valence-corrected chi connectivity index (χ2v) is 6.84. The molecule has 25 heavy (non-hydrogen) atoms. The zero-order valence-electron chi connectivity index (χ0n) is 14.5. The Bertz CT molecular complexity index is 635. The highest BCUT2D eigenvalue weighted by Gasteiger charge is 2.39. The van der Waals surface area contributed by atoms with Gasteiger partial charge in [0.15, 0.2) is 0 Å². The lowest BCUT2D eigenvalue weighted by atomic mass is 9.89. The van der Waals surface area contributed by atoms with Gasteiger partial charge in [0.05, 0.1) is 12.6 Å². The molecule has 1 aromatic carbocycles. The zero-order valence-corrected chi connectivity index (χ0v) is 15.4. The number of hydrogen-bond donors (Lipinski definition) is 2. The predicted molar refractivity (Wildman–Crippen MR) is 98.6 cm³/mol. The predicted octanol–water partition coefficient (Wildman–Crippen LogP) is 2.87. The number of hydrogen-bond acceptors (Lipinski definition) is 5. The molecule has 7 heteroatoms. The highest BCUT2D eigenvalue weighted by molar-refractivity contribution is 7.99. The third-order valence-electron chi connectivity index (χ3n) is 3.73. The van der Waals surface area contributed by atoms with E-state index < -0.39 is 17.9 Å². The summed E-state index contributed by atoms with van der Waals surface area (Å²) in [5.74, 6) is 1.30. The van der Waals surface area contributed by atoms with E-state index in [1.165, 1.54) is 0 Å². The van der Waals surface area contributed by atoms with E-state index >= 15 is 0 Å². The van der Waals surface area contributed by atoms with Gasteiger partial charge in [-0.1, -0.05) is 25.6 Å². The van der Waals surface area contributed by atoms with Gasteiger partial charge in [-0.05, 0) is 30.4 Å². The smallest absolute Gasteiger partial charge is 0.319 e. The van der Waals surface area contributed by atoms with Gasteiger partial charge >= 0.3 is 12.0 Å². The number of carbonyl (C=O) groups is 2. The topological polar surface area (TPSA) is 76.7 Å². The fourth-order valence-corrected chi connectivity index (χ4v) is 3.13. The van der Waals surface area contributed by atoms with Gasteiger partial charge in [0.25, 0.3) is 0 Å². The molecule has 1 saturated heterocycles. The third kappa shape index (κ3) is 5.16. The summed E-state index contributed by atoms with van der Waals surface area (Å²) in [5.41, 5.74) is 1.11. The van der Waals surface area contributed by atoms with Crippen molar-refractivity contribution in [3.8, 4) is 5.75 Å². The van der Waals surface area contributed by atoms with Crippen molar-refractivity contribution in [1.82, 2.24) is 10.6 Å². The minimum atomic E-state index is -0.693. The van der Waals surface area contributed by atoms with Gasteiger partial charge < -0.3 is 20.1 Å². The number of thioether (sulfide) groups is 1. The first-order chi connectivity index (χ1) is 12.1. The molecule has 0 bridgehead atoms. The Kier molecular flexibility index (Phi) is 7.18. The summed E-state index contributed by atoms with van der Waals surface area (Å²) in [6.07, 6.45) is 0. The Balaban J connectivity index is 2.18. The van der Waals surface area contributed by atoms with Crippen LogP contribution in [0.25, 0.3) is 0 Å². The minimum absolute atomic E-state index is 0.334. The van der Waals surface area contributed by atoms with Gasteiger partial charge in [0.1, 0.15) is 18.3 Å². The Morgan fingerprint density at radius 3 is 2.88 bits per heavy atom. The second-order valence-electron chi connectivity index (χ2n) is 5.45. The maximum atomic E-state index is 12.6. The molecule has 0 radical (unpaired) electrons. The van der Waals surface area contributed by atoms with E-state index in [1.54, 1.807) is 11.8 Å². The molecule has 0 spiro atoms. The molecule has 2 amide bonds. The summed E-state index contributed by atoms with van der Waals surface area (Å²) in [4.78, 5) is 24.4. The molecular weight excluding hydrogens is 340 g/mol. The van der Waals surface area contributed by atoms with Crippen LogP contribution in [0.5, 0.6) is 5.75 Å². The summed E-state index contributed by atoms with van der Waals surface area (Å²) >= 11 is 1.70. The molecule has 0 unspecified atom stereocenters. The van der Waals surface area contributed by atoms with Crippen molar-refractivity contribution >= 4 is 23.8 Å². The number of ether oxygens (including phenoxy) is 2. The Hall–Kier alpha value is -2.15. The number of amides is 2. The molecule has 0 aromatic heterocycles. The maximum absolute atomic E-state index is 12.6. The average Bonchev–Trinajstić information content (AvgIpc) is 2.58. The molecular formula is C18H24N2O4S. The van der Waals surface area contributed by atoms with E-state index in [-0.39, 0.29) is 6.03 Å². The molecule has 2 rings (SSSR count). The van der Waals surface area contributed by atoms with Crippen LogP contribution in [0.4, 0.5) is 4.79 Å². The quantitative estimate of drug-likeness (QED) is 0.548. The lowest BCUT2D eigenvalue weighted by Crippen LogP contribution is -2.51. The summed E-state index contributed by atoms with van der Waals surface area (Å²) in [5, 5.41) is 5.36. The highest BCUT2D eigenvalue weighted by atomic mass is 32.2. The second kappa shape index (κ2) is 9.36. The van der Waals surface area contributed by atoms with Crippen molar-refractivity contribution in [3.05, 3.63) is 42.1 Å². The standard InChI is InChI=1S/C18H24N2O4S/c1-4-23-14-8-6-7-13(11-14)16-15(12(3)19-18(22)20-16)17(21)24-9-10-25-5-2/h6-8,11,15-16H,3-5,9-10H2,1-2H3,(H2,19,20,22)/t15-,16+/m1/s1. The monoisotopic (exact) mass is 364 g/mol. The van der Waals surface area contributed by atoms with Crippen LogP contribution in [0.15, 0.2) is 36.5 Å². The normalized spacial score (nSPS) is 19.8. The number of benzene rings is 1. The third-order valence-corrected chi connectivity index (χ3v) is 4.59. The minimum Gasteiger partial charge on any atom is -0.494 e. The van der Waals surface area contributed by atoms with Crippen molar-refractivity contribution in [1.29, 1.82) is 0 Å². The van der Waals surface area contributed by atoms with Crippen molar-refractivity contribution in [2.45, 2.75) is 19.9 Å². The summed E-state index contributed by atoms with van der Waals surface area (Å²) in [6.45, 7) is 8.66. The molecule has 2 N–H and O–H groups in total. The fraction of sp³-hybridized carbons (Fsp3) is 0.444. The van der Waals surface area contributed by atoms with Crippen LogP contribution in [0.2, 0.25) is 0 Å². The average molecular weight is 364 g/mol. The van der Waals surface area contributed by atoms with Crippen LogP contribution in [0, 0.1) is 5.92 Å².